The molecule has 0 aromatic heterocycles. The normalized spacial score (nSPS) is 12.6. The number of aliphatic carboxylic acids is 1. The predicted octanol–water partition coefficient (Wildman–Crippen LogP) is 1.78. The van der Waals surface area contributed by atoms with Gasteiger partial charge in [0.05, 0.1) is 17.9 Å². The van der Waals surface area contributed by atoms with Gasteiger partial charge in [0.25, 0.3) is 0 Å². The van der Waals surface area contributed by atoms with Crippen LogP contribution in [0.3, 0.4) is 0 Å². The Morgan fingerprint density at radius 3 is 2.57 bits per heavy atom. The molecule has 0 saturated carbocycles. The third-order valence-electron chi connectivity index (χ3n) is 2.60. The molecule has 0 bridgehead atoms. The summed E-state index contributed by atoms with van der Waals surface area (Å²) in [5.74, 6) is -0.524. The van der Waals surface area contributed by atoms with Crippen molar-refractivity contribution in [3.05, 3.63) is 36.9 Å². The molecule has 0 aliphatic rings. The van der Waals surface area contributed by atoms with Crippen molar-refractivity contribution in [1.82, 2.24) is 4.72 Å². The molecule has 0 heterocycles. The summed E-state index contributed by atoms with van der Waals surface area (Å²) in [6.07, 6.45) is 2.07. The molecular formula is C14H19NO5S. The van der Waals surface area contributed by atoms with Gasteiger partial charge >= 0.3 is 5.97 Å². The molecule has 0 saturated heterocycles. The average Bonchev–Trinajstić information content (AvgIpc) is 2.38. The minimum absolute atomic E-state index is 0.0377. The number of hydrogen-bond acceptors (Lipinski definition) is 4. The summed E-state index contributed by atoms with van der Waals surface area (Å²) < 4.78 is 31.9. The molecule has 1 atom stereocenters. The Bertz CT molecular complexity index is 580. The van der Waals surface area contributed by atoms with Gasteiger partial charge < -0.3 is 9.84 Å². The van der Waals surface area contributed by atoms with Gasteiger partial charge in [0.15, 0.2) is 0 Å². The lowest BCUT2D eigenvalue weighted by atomic mass is 10.3. The summed E-state index contributed by atoms with van der Waals surface area (Å²) in [6, 6.07) is 5.58. The van der Waals surface area contributed by atoms with E-state index in [0.717, 1.165) is 0 Å². The van der Waals surface area contributed by atoms with Gasteiger partial charge in [-0.1, -0.05) is 6.08 Å². The fourth-order valence-corrected chi connectivity index (χ4v) is 2.86. The van der Waals surface area contributed by atoms with Crippen LogP contribution in [0.15, 0.2) is 41.8 Å². The van der Waals surface area contributed by atoms with E-state index in [0.29, 0.717) is 12.2 Å². The monoisotopic (exact) mass is 313 g/mol. The minimum atomic E-state index is -3.58. The Balaban J connectivity index is 2.68. The van der Waals surface area contributed by atoms with Gasteiger partial charge in [0.2, 0.25) is 10.0 Å². The SMILES string of the molecule is C=CCC(C)NS(=O)(=O)c1ccc(OCCC(=O)O)cc1. The second kappa shape index (κ2) is 7.80. The predicted molar refractivity (Wildman–Crippen MR) is 78.8 cm³/mol. The number of carboxylic acids is 1. The first-order valence-electron chi connectivity index (χ1n) is 6.43. The second-order valence-electron chi connectivity index (χ2n) is 4.51. The summed E-state index contributed by atoms with van der Waals surface area (Å²) in [4.78, 5) is 10.5. The standard InChI is InChI=1S/C14H19NO5S/c1-3-4-11(2)15-21(18,19)13-7-5-12(6-8-13)20-10-9-14(16)17/h3,5-8,11,15H,1,4,9-10H2,2H3,(H,16,17). The van der Waals surface area contributed by atoms with Gasteiger partial charge in [0.1, 0.15) is 5.75 Å². The maximum absolute atomic E-state index is 12.1. The zero-order valence-corrected chi connectivity index (χ0v) is 12.6. The minimum Gasteiger partial charge on any atom is -0.493 e. The molecular weight excluding hydrogens is 294 g/mol. The van der Waals surface area contributed by atoms with Crippen LogP contribution in [0.2, 0.25) is 0 Å². The largest absolute Gasteiger partial charge is 0.493 e. The second-order valence-corrected chi connectivity index (χ2v) is 6.22. The maximum atomic E-state index is 12.1. The molecule has 0 aliphatic carbocycles. The smallest absolute Gasteiger partial charge is 0.306 e. The topological polar surface area (TPSA) is 92.7 Å². The zero-order chi connectivity index (χ0) is 15.9. The van der Waals surface area contributed by atoms with Crippen molar-refractivity contribution < 1.29 is 23.1 Å². The molecule has 1 unspecified atom stereocenters. The summed E-state index contributed by atoms with van der Waals surface area (Å²) in [5, 5.41) is 8.50. The van der Waals surface area contributed by atoms with Crippen LogP contribution in [0.1, 0.15) is 19.8 Å². The van der Waals surface area contributed by atoms with Crippen molar-refractivity contribution >= 4 is 16.0 Å². The molecule has 21 heavy (non-hydrogen) atoms. The van der Waals surface area contributed by atoms with E-state index in [4.69, 9.17) is 9.84 Å². The summed E-state index contributed by atoms with van der Waals surface area (Å²) in [6.45, 7) is 5.35. The van der Waals surface area contributed by atoms with Crippen LogP contribution in [-0.2, 0) is 14.8 Å². The van der Waals surface area contributed by atoms with E-state index in [2.05, 4.69) is 11.3 Å². The average molecular weight is 313 g/mol. The Hall–Kier alpha value is -1.86. The van der Waals surface area contributed by atoms with E-state index in [9.17, 15) is 13.2 Å². The van der Waals surface area contributed by atoms with Crippen LogP contribution in [0, 0.1) is 0 Å². The third-order valence-corrected chi connectivity index (χ3v) is 4.20. The van der Waals surface area contributed by atoms with Crippen molar-refractivity contribution in [3.63, 3.8) is 0 Å². The highest BCUT2D eigenvalue weighted by molar-refractivity contribution is 7.89. The Morgan fingerprint density at radius 2 is 2.05 bits per heavy atom. The third kappa shape index (κ3) is 5.97. The highest BCUT2D eigenvalue weighted by atomic mass is 32.2. The summed E-state index contributed by atoms with van der Waals surface area (Å²) in [5.41, 5.74) is 0. The van der Waals surface area contributed by atoms with Crippen LogP contribution in [0.5, 0.6) is 5.75 Å². The van der Waals surface area contributed by atoms with E-state index in [1.165, 1.54) is 24.3 Å². The van der Waals surface area contributed by atoms with Crippen LogP contribution < -0.4 is 9.46 Å². The number of carbonyl (C=O) groups is 1. The Labute approximate surface area is 124 Å². The van der Waals surface area contributed by atoms with Crippen LogP contribution in [0.4, 0.5) is 0 Å². The van der Waals surface area contributed by atoms with Crippen LogP contribution >= 0.6 is 0 Å². The van der Waals surface area contributed by atoms with E-state index in [-0.39, 0.29) is 24.0 Å². The summed E-state index contributed by atoms with van der Waals surface area (Å²) >= 11 is 0. The molecule has 7 heteroatoms. The van der Waals surface area contributed by atoms with E-state index >= 15 is 0 Å². The number of nitrogens with one attached hydrogen (secondary N) is 1. The molecule has 0 amide bonds. The Morgan fingerprint density at radius 1 is 1.43 bits per heavy atom. The van der Waals surface area contributed by atoms with Crippen LogP contribution in [-0.4, -0.2) is 32.1 Å². The molecule has 116 valence electrons. The van der Waals surface area contributed by atoms with Crippen molar-refractivity contribution in [2.45, 2.75) is 30.7 Å². The lowest BCUT2D eigenvalue weighted by Gasteiger charge is -2.12. The number of rotatable bonds is 9. The van der Waals surface area contributed by atoms with Crippen molar-refractivity contribution in [2.75, 3.05) is 6.61 Å². The van der Waals surface area contributed by atoms with Gasteiger partial charge in [-0.2, -0.15) is 0 Å². The lowest BCUT2D eigenvalue weighted by Crippen LogP contribution is -2.32. The Kier molecular flexibility index (Phi) is 6.39. The van der Waals surface area contributed by atoms with Crippen molar-refractivity contribution in [1.29, 1.82) is 0 Å². The first-order valence-corrected chi connectivity index (χ1v) is 7.91. The molecule has 1 aromatic rings. The quantitative estimate of drug-likeness (QED) is 0.678. The number of carboxylic acid groups (broad SMARTS) is 1. The highest BCUT2D eigenvalue weighted by Gasteiger charge is 2.16. The zero-order valence-electron chi connectivity index (χ0n) is 11.8. The molecule has 0 radical (unpaired) electrons. The van der Waals surface area contributed by atoms with Gasteiger partial charge in [-0.15, -0.1) is 6.58 Å². The fraction of sp³-hybridized carbons (Fsp3) is 0.357. The number of sulfonamides is 1. The summed E-state index contributed by atoms with van der Waals surface area (Å²) in [7, 11) is -3.58. The van der Waals surface area contributed by atoms with Gasteiger partial charge in [-0.05, 0) is 37.6 Å². The molecule has 1 aromatic carbocycles. The van der Waals surface area contributed by atoms with E-state index in [1.807, 2.05) is 0 Å². The number of benzene rings is 1. The molecule has 0 spiro atoms. The fourth-order valence-electron chi connectivity index (χ4n) is 1.60. The molecule has 2 N–H and O–H groups in total. The van der Waals surface area contributed by atoms with Crippen LogP contribution in [0.25, 0.3) is 0 Å². The first-order chi connectivity index (χ1) is 9.85. The maximum Gasteiger partial charge on any atom is 0.306 e. The van der Waals surface area contributed by atoms with E-state index in [1.54, 1.807) is 13.0 Å². The molecule has 1 rings (SSSR count). The molecule has 6 nitrogen and oxygen atoms in total. The molecule has 0 fully saturated rings. The van der Waals surface area contributed by atoms with Gasteiger partial charge in [-0.3, -0.25) is 4.79 Å². The van der Waals surface area contributed by atoms with E-state index < -0.39 is 16.0 Å². The van der Waals surface area contributed by atoms with Gasteiger partial charge in [-0.25, -0.2) is 13.1 Å². The van der Waals surface area contributed by atoms with Crippen molar-refractivity contribution in [3.8, 4) is 5.75 Å². The number of ether oxygens (including phenoxy) is 1. The number of hydrogen-bond donors (Lipinski definition) is 2. The lowest BCUT2D eigenvalue weighted by molar-refractivity contribution is -0.137. The first kappa shape index (κ1) is 17.2. The molecule has 0 aliphatic heterocycles. The highest BCUT2D eigenvalue weighted by Crippen LogP contribution is 2.16. The van der Waals surface area contributed by atoms with Crippen molar-refractivity contribution in [2.24, 2.45) is 0 Å². The van der Waals surface area contributed by atoms with Gasteiger partial charge in [0, 0.05) is 6.04 Å².